The molecule has 55 heavy (non-hydrogen) atoms. The number of nitrogens with one attached hydrogen (secondary N) is 4. The number of alkyl carbamates (subject to hydrolysis) is 1. The number of piperidine rings is 1. The Hall–Kier alpha value is -4.56. The normalized spacial score (nSPS) is 26.2. The maximum absolute atomic E-state index is 14.0. The number of carbonyl (C=O) groups is 2. The first-order valence-electron chi connectivity index (χ1n) is 19.9. The van der Waals surface area contributed by atoms with Crippen LogP contribution in [0, 0.1) is 11.8 Å². The number of aromatic nitrogens is 4. The van der Waals surface area contributed by atoms with Gasteiger partial charge in [0.05, 0.1) is 62.7 Å². The summed E-state index contributed by atoms with van der Waals surface area (Å²) in [5.41, 5.74) is 9.47. The van der Waals surface area contributed by atoms with E-state index in [1.54, 1.807) is 4.90 Å². The fourth-order valence-electron chi connectivity index (χ4n) is 9.84. The zero-order chi connectivity index (χ0) is 38.0. The molecule has 9 rings (SSSR count). The number of carbonyl (C=O) groups excluding carboxylic acids is 2. The highest BCUT2D eigenvalue weighted by molar-refractivity contribution is 5.86. The summed E-state index contributed by atoms with van der Waals surface area (Å²) in [6, 6.07) is 13.0. The van der Waals surface area contributed by atoms with Crippen LogP contribution in [0.5, 0.6) is 0 Å². The van der Waals surface area contributed by atoms with Crippen molar-refractivity contribution in [2.75, 3.05) is 40.5 Å². The van der Waals surface area contributed by atoms with Gasteiger partial charge in [-0.3, -0.25) is 9.69 Å². The molecule has 7 heterocycles. The van der Waals surface area contributed by atoms with Crippen LogP contribution in [0.4, 0.5) is 4.79 Å². The van der Waals surface area contributed by atoms with E-state index in [2.05, 4.69) is 75.9 Å². The van der Waals surface area contributed by atoms with E-state index >= 15 is 0 Å². The van der Waals surface area contributed by atoms with E-state index in [-0.39, 0.29) is 18.4 Å². The van der Waals surface area contributed by atoms with Gasteiger partial charge in [0.2, 0.25) is 5.91 Å². The summed E-state index contributed by atoms with van der Waals surface area (Å²) in [6.07, 6.45) is 8.22. The first-order chi connectivity index (χ1) is 26.6. The molecule has 4 unspecified atom stereocenters. The predicted octanol–water partition coefficient (Wildman–Crippen LogP) is 6.41. The highest BCUT2D eigenvalue weighted by Gasteiger charge is 2.53. The molecule has 0 radical (unpaired) electrons. The molecule has 4 aromatic rings. The van der Waals surface area contributed by atoms with Crippen molar-refractivity contribution >= 4 is 12.0 Å². The van der Waals surface area contributed by atoms with Gasteiger partial charge in [-0.2, -0.15) is 0 Å². The summed E-state index contributed by atoms with van der Waals surface area (Å²) in [6.45, 7) is 8.44. The number of fused-ring (bicyclic) bond motifs is 5. The van der Waals surface area contributed by atoms with Crippen LogP contribution in [0.1, 0.15) is 99.8 Å². The Morgan fingerprint density at radius 3 is 2.22 bits per heavy atom. The predicted molar refractivity (Wildman–Crippen MR) is 207 cm³/mol. The third-order valence-electron chi connectivity index (χ3n) is 12.6. The molecule has 4 saturated heterocycles. The molecular weight excluding hydrogens is 697 g/mol. The van der Waals surface area contributed by atoms with Gasteiger partial charge < -0.3 is 39.7 Å². The highest BCUT2D eigenvalue weighted by Crippen LogP contribution is 2.52. The molecule has 5 aliphatic heterocycles. The lowest BCUT2D eigenvalue weighted by Gasteiger charge is -2.30. The van der Waals surface area contributed by atoms with E-state index in [4.69, 9.17) is 24.2 Å². The van der Waals surface area contributed by atoms with Gasteiger partial charge >= 0.3 is 6.09 Å². The van der Waals surface area contributed by atoms with E-state index in [0.29, 0.717) is 49.5 Å². The van der Waals surface area contributed by atoms with Crippen molar-refractivity contribution in [1.29, 1.82) is 0 Å². The van der Waals surface area contributed by atoms with Crippen LogP contribution in [0.15, 0.2) is 48.8 Å². The molecule has 13 nitrogen and oxygen atoms in total. The van der Waals surface area contributed by atoms with E-state index < -0.39 is 24.0 Å². The topological polar surface area (TPSA) is 150 Å². The molecular formula is C42H52N8O5. The number of nitrogens with zero attached hydrogens (tertiary/aromatic N) is 4. The average molecular weight is 749 g/mol. The first-order valence-corrected chi connectivity index (χ1v) is 19.9. The van der Waals surface area contributed by atoms with Crippen molar-refractivity contribution < 1.29 is 23.8 Å². The van der Waals surface area contributed by atoms with Gasteiger partial charge in [0.1, 0.15) is 17.7 Å². The molecule has 13 heteroatoms. The number of ether oxygens (including phenoxy) is 3. The molecule has 2 aromatic carbocycles. The SMILES string of the molecule is COC(=O)N[C@H](C(=O)N1CC2(C[C@H]1c1ncc(-c3ccc(-c4ccc(-c5cnc(C6CCCN6C)[nH]5)c5c4C4CC(C)CC5N4)cc3)[nH]1)OCCO2)C(C)C. The monoisotopic (exact) mass is 748 g/mol. The molecule has 5 aliphatic rings. The summed E-state index contributed by atoms with van der Waals surface area (Å²) in [5, 5.41) is 6.69. The Balaban J connectivity index is 1.000. The van der Waals surface area contributed by atoms with E-state index in [0.717, 1.165) is 48.6 Å². The van der Waals surface area contributed by atoms with Gasteiger partial charge in [0.25, 0.3) is 0 Å². The quantitative estimate of drug-likeness (QED) is 0.160. The van der Waals surface area contributed by atoms with Gasteiger partial charge in [-0.25, -0.2) is 14.8 Å². The summed E-state index contributed by atoms with van der Waals surface area (Å²) < 4.78 is 17.0. The van der Waals surface area contributed by atoms with Crippen LogP contribution in [0.25, 0.3) is 33.6 Å². The van der Waals surface area contributed by atoms with E-state index in [9.17, 15) is 9.59 Å². The van der Waals surface area contributed by atoms with Crippen LogP contribution in [-0.2, 0) is 19.0 Å². The van der Waals surface area contributed by atoms with Crippen molar-refractivity contribution in [3.63, 3.8) is 0 Å². The van der Waals surface area contributed by atoms with E-state index in [1.165, 1.54) is 41.3 Å². The molecule has 2 aromatic heterocycles. The Morgan fingerprint density at radius 1 is 0.909 bits per heavy atom. The summed E-state index contributed by atoms with van der Waals surface area (Å²) in [7, 11) is 3.48. The number of benzene rings is 2. The Morgan fingerprint density at radius 2 is 1.55 bits per heavy atom. The second-order valence-electron chi connectivity index (χ2n) is 16.6. The lowest BCUT2D eigenvalue weighted by atomic mass is 9.88. The molecule has 0 aliphatic carbocycles. The van der Waals surface area contributed by atoms with Crippen LogP contribution >= 0.6 is 0 Å². The number of hydrogen-bond donors (Lipinski definition) is 4. The maximum atomic E-state index is 14.0. The Bertz CT molecular complexity index is 2070. The lowest BCUT2D eigenvalue weighted by molar-refractivity contribution is -0.153. The number of imidazole rings is 2. The minimum Gasteiger partial charge on any atom is -0.453 e. The highest BCUT2D eigenvalue weighted by atomic mass is 16.7. The zero-order valence-electron chi connectivity index (χ0n) is 32.4. The number of hydrogen-bond acceptors (Lipinski definition) is 9. The van der Waals surface area contributed by atoms with Gasteiger partial charge in [0, 0.05) is 24.1 Å². The van der Waals surface area contributed by atoms with Crippen LogP contribution < -0.4 is 10.6 Å². The van der Waals surface area contributed by atoms with Gasteiger partial charge in [-0.05, 0) is 78.9 Å². The number of likely N-dealkylation sites (tertiary alicyclic amines) is 2. The molecule has 2 amide bonds. The van der Waals surface area contributed by atoms with Gasteiger partial charge in [0.15, 0.2) is 5.79 Å². The van der Waals surface area contributed by atoms with Gasteiger partial charge in [-0.15, -0.1) is 0 Å². The average Bonchev–Trinajstić information content (AvgIpc) is 4.05. The molecule has 1 spiro atoms. The second-order valence-corrected chi connectivity index (χ2v) is 16.6. The first kappa shape index (κ1) is 36.1. The molecule has 4 N–H and O–H groups in total. The number of rotatable bonds is 8. The standard InChI is InChI=1S/C42H52N8O5/c1-23(2)37(48-41(52)53-5)40(51)50-22-42(54-15-16-55-42)19-34(50)39-43-20-31(46-39)26-10-8-25(9-11-26)27-12-13-28(36-30-18-24(3)17-29(45-30)35(27)36)32-21-44-38(47-32)33-7-6-14-49(33)4/h8-13,20-21,23-24,29-30,33-34,37,45H,6-7,14-19,22H2,1-5H3,(H,43,46)(H,44,47)(H,48,52)/t24?,29?,30?,33?,34-,37-/m0/s1. The number of methoxy groups -OCH3 is 1. The fourth-order valence-corrected chi connectivity index (χ4v) is 9.84. The molecule has 0 saturated carbocycles. The Kier molecular flexibility index (Phi) is 9.31. The van der Waals surface area contributed by atoms with Gasteiger partial charge in [-0.1, -0.05) is 57.2 Å². The minimum absolute atomic E-state index is 0.168. The summed E-state index contributed by atoms with van der Waals surface area (Å²) >= 11 is 0. The van der Waals surface area contributed by atoms with Crippen molar-refractivity contribution in [2.45, 2.75) is 88.9 Å². The third-order valence-corrected chi connectivity index (χ3v) is 12.6. The second kappa shape index (κ2) is 14.2. The van der Waals surface area contributed by atoms with Crippen LogP contribution in [0.3, 0.4) is 0 Å². The summed E-state index contributed by atoms with van der Waals surface area (Å²) in [4.78, 5) is 47.3. The summed E-state index contributed by atoms with van der Waals surface area (Å²) in [5.74, 6) is 1.04. The van der Waals surface area contributed by atoms with Crippen molar-refractivity contribution in [3.8, 4) is 33.6 Å². The number of amides is 2. The van der Waals surface area contributed by atoms with E-state index in [1.807, 2.05) is 26.2 Å². The zero-order valence-corrected chi connectivity index (χ0v) is 32.4. The largest absolute Gasteiger partial charge is 0.453 e. The molecule has 4 fully saturated rings. The lowest BCUT2D eigenvalue weighted by Crippen LogP contribution is -2.52. The van der Waals surface area contributed by atoms with Crippen molar-refractivity contribution in [1.82, 2.24) is 40.4 Å². The Labute approximate surface area is 321 Å². The molecule has 290 valence electrons. The smallest absolute Gasteiger partial charge is 0.407 e. The van der Waals surface area contributed by atoms with Crippen molar-refractivity contribution in [2.24, 2.45) is 11.8 Å². The number of aromatic amines is 2. The number of H-pyrrole nitrogens is 2. The maximum Gasteiger partial charge on any atom is 0.407 e. The van der Waals surface area contributed by atoms with Crippen LogP contribution in [-0.4, -0.2) is 94.0 Å². The van der Waals surface area contributed by atoms with Crippen LogP contribution in [0.2, 0.25) is 0 Å². The third kappa shape index (κ3) is 6.44. The molecule has 2 bridgehead atoms. The molecule has 6 atom stereocenters. The fraction of sp³-hybridized carbons (Fsp3) is 0.524. The minimum atomic E-state index is -0.908. The van der Waals surface area contributed by atoms with Crippen molar-refractivity contribution in [3.05, 3.63) is 71.6 Å².